The van der Waals surface area contributed by atoms with Crippen molar-refractivity contribution in [1.82, 2.24) is 4.98 Å². The molecule has 0 amide bonds. The van der Waals surface area contributed by atoms with Crippen LogP contribution in [0, 0.1) is 0 Å². The first-order valence-corrected chi connectivity index (χ1v) is 4.13. The Kier molecular flexibility index (Phi) is 3.17. The van der Waals surface area contributed by atoms with E-state index in [0.29, 0.717) is 12.0 Å². The van der Waals surface area contributed by atoms with Crippen LogP contribution in [-0.4, -0.2) is 27.1 Å². The largest absolute Gasteiger partial charge is 0.477 e. The molecule has 78 valence electrons. The summed E-state index contributed by atoms with van der Waals surface area (Å²) >= 11 is 0. The topological polar surface area (TPSA) is 87.5 Å². The number of hydrogen-bond acceptors (Lipinski definition) is 3. The van der Waals surface area contributed by atoms with E-state index in [-0.39, 0.29) is 11.4 Å². The summed E-state index contributed by atoms with van der Waals surface area (Å²) in [5.74, 6) is -2.49. The smallest absolute Gasteiger partial charge is 0.354 e. The molecule has 1 rings (SSSR count). The molecule has 0 aliphatic heterocycles. The summed E-state index contributed by atoms with van der Waals surface area (Å²) < 4.78 is 0. The summed E-state index contributed by atoms with van der Waals surface area (Å²) in [7, 11) is 0. The molecule has 5 nitrogen and oxygen atoms in total. The van der Waals surface area contributed by atoms with E-state index in [9.17, 15) is 9.59 Å². The van der Waals surface area contributed by atoms with Crippen LogP contribution in [0.1, 0.15) is 26.5 Å². The predicted molar refractivity (Wildman–Crippen MR) is 52.1 cm³/mol. The molecule has 0 aliphatic rings. The van der Waals surface area contributed by atoms with Gasteiger partial charge in [-0.3, -0.25) is 0 Å². The Morgan fingerprint density at radius 3 is 2.47 bits per heavy atom. The SMILES string of the molecule is C=CCc1ccc(C(=O)O)nc1C(=O)O. The first-order valence-electron chi connectivity index (χ1n) is 4.13. The average molecular weight is 207 g/mol. The number of aromatic nitrogens is 1. The van der Waals surface area contributed by atoms with Crippen molar-refractivity contribution in [1.29, 1.82) is 0 Å². The Morgan fingerprint density at radius 1 is 1.33 bits per heavy atom. The van der Waals surface area contributed by atoms with Gasteiger partial charge in [0.25, 0.3) is 0 Å². The molecule has 2 N–H and O–H groups in total. The number of pyridine rings is 1. The number of nitrogens with zero attached hydrogens (tertiary/aromatic N) is 1. The van der Waals surface area contributed by atoms with Gasteiger partial charge in [0.1, 0.15) is 5.69 Å². The molecule has 0 atom stereocenters. The molecule has 0 radical (unpaired) electrons. The van der Waals surface area contributed by atoms with Crippen molar-refractivity contribution >= 4 is 11.9 Å². The summed E-state index contributed by atoms with van der Waals surface area (Å²) in [5.41, 5.74) is -0.0717. The maximum absolute atomic E-state index is 10.8. The van der Waals surface area contributed by atoms with Crippen LogP contribution in [0.5, 0.6) is 0 Å². The van der Waals surface area contributed by atoms with Crippen LogP contribution in [0.3, 0.4) is 0 Å². The molecule has 0 aromatic carbocycles. The summed E-state index contributed by atoms with van der Waals surface area (Å²) in [4.78, 5) is 24.9. The Bertz CT molecular complexity index is 425. The maximum atomic E-state index is 10.8. The second-order valence-electron chi connectivity index (χ2n) is 2.81. The molecule has 1 aromatic heterocycles. The highest BCUT2D eigenvalue weighted by Crippen LogP contribution is 2.09. The van der Waals surface area contributed by atoms with Crippen molar-refractivity contribution in [3.05, 3.63) is 41.7 Å². The van der Waals surface area contributed by atoms with Gasteiger partial charge in [-0.2, -0.15) is 0 Å². The summed E-state index contributed by atoms with van der Waals surface area (Å²) in [6.07, 6.45) is 1.87. The van der Waals surface area contributed by atoms with Gasteiger partial charge in [0.15, 0.2) is 5.69 Å². The fourth-order valence-corrected chi connectivity index (χ4v) is 1.11. The average Bonchev–Trinajstić information content (AvgIpc) is 2.18. The van der Waals surface area contributed by atoms with Crippen molar-refractivity contribution in [2.24, 2.45) is 0 Å². The Labute approximate surface area is 85.7 Å². The highest BCUT2D eigenvalue weighted by atomic mass is 16.4. The first kappa shape index (κ1) is 10.9. The lowest BCUT2D eigenvalue weighted by atomic mass is 10.1. The van der Waals surface area contributed by atoms with E-state index >= 15 is 0 Å². The molecule has 0 fully saturated rings. The van der Waals surface area contributed by atoms with Gasteiger partial charge in [-0.05, 0) is 18.1 Å². The molecule has 0 bridgehead atoms. The minimum atomic E-state index is -1.25. The fourth-order valence-electron chi connectivity index (χ4n) is 1.11. The standard InChI is InChI=1S/C10H9NO4/c1-2-3-6-4-5-7(9(12)13)11-8(6)10(14)15/h2,4-5H,1,3H2,(H,12,13)(H,14,15). The van der Waals surface area contributed by atoms with E-state index < -0.39 is 11.9 Å². The van der Waals surface area contributed by atoms with Crippen molar-refractivity contribution < 1.29 is 19.8 Å². The van der Waals surface area contributed by atoms with Gasteiger partial charge >= 0.3 is 11.9 Å². The van der Waals surface area contributed by atoms with E-state index in [1.54, 1.807) is 0 Å². The van der Waals surface area contributed by atoms with E-state index in [4.69, 9.17) is 10.2 Å². The van der Waals surface area contributed by atoms with Gasteiger partial charge in [-0.1, -0.05) is 12.1 Å². The molecule has 0 saturated carbocycles. The second kappa shape index (κ2) is 4.36. The van der Waals surface area contributed by atoms with Gasteiger partial charge in [-0.15, -0.1) is 6.58 Å². The molecule has 0 spiro atoms. The predicted octanol–water partition coefficient (Wildman–Crippen LogP) is 1.21. The lowest BCUT2D eigenvalue weighted by Gasteiger charge is -2.03. The Balaban J connectivity index is 3.26. The molecular weight excluding hydrogens is 198 g/mol. The van der Waals surface area contributed by atoms with Crippen molar-refractivity contribution in [3.8, 4) is 0 Å². The normalized spacial score (nSPS) is 9.60. The van der Waals surface area contributed by atoms with Gasteiger partial charge < -0.3 is 10.2 Å². The number of carboxylic acid groups (broad SMARTS) is 2. The highest BCUT2D eigenvalue weighted by Gasteiger charge is 2.14. The number of rotatable bonds is 4. The van der Waals surface area contributed by atoms with E-state index in [2.05, 4.69) is 11.6 Å². The summed E-state index contributed by atoms with van der Waals surface area (Å²) in [6.45, 7) is 3.48. The minimum Gasteiger partial charge on any atom is -0.477 e. The quantitative estimate of drug-likeness (QED) is 0.724. The molecule has 0 unspecified atom stereocenters. The molecular formula is C10H9NO4. The number of aromatic carboxylic acids is 2. The van der Waals surface area contributed by atoms with E-state index in [1.807, 2.05) is 0 Å². The number of carboxylic acids is 2. The summed E-state index contributed by atoms with van der Waals surface area (Å²) in [6, 6.07) is 2.70. The third-order valence-corrected chi connectivity index (χ3v) is 1.76. The Hall–Kier alpha value is -2.17. The van der Waals surface area contributed by atoms with Crippen LogP contribution in [0.4, 0.5) is 0 Å². The van der Waals surface area contributed by atoms with Crippen LogP contribution >= 0.6 is 0 Å². The fraction of sp³-hybridized carbons (Fsp3) is 0.100. The third-order valence-electron chi connectivity index (χ3n) is 1.76. The van der Waals surface area contributed by atoms with Gasteiger partial charge in [0, 0.05) is 0 Å². The van der Waals surface area contributed by atoms with E-state index in [0.717, 1.165) is 0 Å². The maximum Gasteiger partial charge on any atom is 0.354 e. The lowest BCUT2D eigenvalue weighted by Crippen LogP contribution is -2.10. The van der Waals surface area contributed by atoms with Crippen molar-refractivity contribution in [2.45, 2.75) is 6.42 Å². The molecule has 0 aliphatic carbocycles. The van der Waals surface area contributed by atoms with Crippen LogP contribution in [0.2, 0.25) is 0 Å². The van der Waals surface area contributed by atoms with Gasteiger partial charge in [0.05, 0.1) is 0 Å². The third kappa shape index (κ3) is 2.40. The minimum absolute atomic E-state index is 0.241. The second-order valence-corrected chi connectivity index (χ2v) is 2.81. The van der Waals surface area contributed by atoms with Gasteiger partial charge in [-0.25, -0.2) is 14.6 Å². The number of hydrogen-bond donors (Lipinski definition) is 2. The van der Waals surface area contributed by atoms with Crippen LogP contribution in [-0.2, 0) is 6.42 Å². The monoisotopic (exact) mass is 207 g/mol. The molecule has 5 heteroatoms. The highest BCUT2D eigenvalue weighted by molar-refractivity contribution is 5.91. The van der Waals surface area contributed by atoms with Crippen molar-refractivity contribution in [2.75, 3.05) is 0 Å². The zero-order valence-electron chi connectivity index (χ0n) is 7.80. The van der Waals surface area contributed by atoms with Gasteiger partial charge in [0.2, 0.25) is 0 Å². The molecule has 1 aromatic rings. The van der Waals surface area contributed by atoms with Crippen LogP contribution in [0.25, 0.3) is 0 Å². The first-order chi connectivity index (χ1) is 7.06. The summed E-state index contributed by atoms with van der Waals surface area (Å²) in [5, 5.41) is 17.4. The van der Waals surface area contributed by atoms with Crippen LogP contribution < -0.4 is 0 Å². The lowest BCUT2D eigenvalue weighted by molar-refractivity contribution is 0.0684. The zero-order chi connectivity index (χ0) is 11.4. The van der Waals surface area contributed by atoms with Crippen LogP contribution in [0.15, 0.2) is 24.8 Å². The number of carbonyl (C=O) groups is 2. The Morgan fingerprint density at radius 2 is 2.00 bits per heavy atom. The number of allylic oxidation sites excluding steroid dienone is 1. The van der Waals surface area contributed by atoms with Crippen molar-refractivity contribution in [3.63, 3.8) is 0 Å². The molecule has 15 heavy (non-hydrogen) atoms. The van der Waals surface area contributed by atoms with E-state index in [1.165, 1.54) is 18.2 Å². The zero-order valence-corrected chi connectivity index (χ0v) is 7.80. The molecule has 1 heterocycles. The molecule has 0 saturated heterocycles.